The highest BCUT2D eigenvalue weighted by atomic mass is 35.5. The molecule has 0 aliphatic rings. The molecule has 2 N–H and O–H groups in total. The maximum atomic E-state index is 12.7. The standard InChI is InChI=1S/C27H26ClN3O4/c1-17-2-7-19(8-3-17)20-9-4-18(5-10-20)6-13-25(32)23(27(34)35)14-15-31-26(33)22-12-11-21(28)16-24(22)29-30-31/h2-5,7-12,16,23,25,32H,6,13-15H2,1H3,(H,34,35). The van der Waals surface area contributed by atoms with Gasteiger partial charge in [0.15, 0.2) is 0 Å². The van der Waals surface area contributed by atoms with Crippen LogP contribution in [0, 0.1) is 12.8 Å². The molecule has 180 valence electrons. The summed E-state index contributed by atoms with van der Waals surface area (Å²) in [5.41, 5.74) is 4.44. The molecule has 0 bridgehead atoms. The lowest BCUT2D eigenvalue weighted by Gasteiger charge is -2.19. The van der Waals surface area contributed by atoms with Crippen molar-refractivity contribution in [3.8, 4) is 11.1 Å². The lowest BCUT2D eigenvalue weighted by molar-refractivity contribution is -0.146. The molecule has 8 heteroatoms. The number of aryl methyl sites for hydroxylation is 3. The van der Waals surface area contributed by atoms with Crippen LogP contribution in [0.5, 0.6) is 0 Å². The van der Waals surface area contributed by atoms with Crippen molar-refractivity contribution in [3.05, 3.63) is 93.2 Å². The zero-order chi connectivity index (χ0) is 24.9. The smallest absolute Gasteiger partial charge is 0.309 e. The van der Waals surface area contributed by atoms with Gasteiger partial charge in [-0.2, -0.15) is 0 Å². The molecule has 2 unspecified atom stereocenters. The molecule has 2 atom stereocenters. The van der Waals surface area contributed by atoms with Gasteiger partial charge in [-0.05, 0) is 61.1 Å². The number of hydrogen-bond acceptors (Lipinski definition) is 5. The number of fused-ring (bicyclic) bond motifs is 1. The Morgan fingerprint density at radius 1 is 1.00 bits per heavy atom. The van der Waals surface area contributed by atoms with Gasteiger partial charge in [-0.3, -0.25) is 9.59 Å². The molecule has 0 amide bonds. The predicted octanol–water partition coefficient (Wildman–Crippen LogP) is 4.50. The van der Waals surface area contributed by atoms with Crippen LogP contribution in [0.4, 0.5) is 0 Å². The normalized spacial score (nSPS) is 13.0. The molecule has 7 nitrogen and oxygen atoms in total. The number of nitrogens with zero attached hydrogens (tertiary/aromatic N) is 3. The maximum absolute atomic E-state index is 12.7. The second kappa shape index (κ2) is 10.8. The first kappa shape index (κ1) is 24.6. The van der Waals surface area contributed by atoms with Crippen molar-refractivity contribution < 1.29 is 15.0 Å². The first-order chi connectivity index (χ1) is 16.8. The van der Waals surface area contributed by atoms with Crippen molar-refractivity contribution in [2.45, 2.75) is 38.8 Å². The lowest BCUT2D eigenvalue weighted by Crippen LogP contribution is -2.32. The number of carboxylic acid groups (broad SMARTS) is 1. The number of carboxylic acids is 1. The molecule has 0 radical (unpaired) electrons. The van der Waals surface area contributed by atoms with E-state index in [1.54, 1.807) is 18.2 Å². The molecule has 3 aromatic carbocycles. The number of halogens is 1. The third-order valence-electron chi connectivity index (χ3n) is 6.19. The van der Waals surface area contributed by atoms with Crippen LogP contribution in [0.15, 0.2) is 71.5 Å². The minimum Gasteiger partial charge on any atom is -0.481 e. The summed E-state index contributed by atoms with van der Waals surface area (Å²) >= 11 is 5.93. The Kier molecular flexibility index (Phi) is 7.58. The van der Waals surface area contributed by atoms with E-state index < -0.39 is 18.0 Å². The fourth-order valence-electron chi connectivity index (χ4n) is 4.06. The third-order valence-corrected chi connectivity index (χ3v) is 6.42. The van der Waals surface area contributed by atoms with E-state index in [4.69, 9.17) is 11.6 Å². The highest BCUT2D eigenvalue weighted by Crippen LogP contribution is 2.22. The summed E-state index contributed by atoms with van der Waals surface area (Å²) in [4.78, 5) is 24.5. The molecule has 4 aromatic rings. The molecule has 1 heterocycles. The second-order valence-electron chi connectivity index (χ2n) is 8.68. The van der Waals surface area contributed by atoms with Crippen LogP contribution in [0.1, 0.15) is 24.0 Å². The van der Waals surface area contributed by atoms with Crippen LogP contribution in [0.2, 0.25) is 5.02 Å². The molecule has 0 saturated heterocycles. The zero-order valence-electron chi connectivity index (χ0n) is 19.3. The van der Waals surface area contributed by atoms with E-state index in [-0.39, 0.29) is 24.9 Å². The first-order valence-electron chi connectivity index (χ1n) is 11.4. The molecule has 1 aromatic heterocycles. The van der Waals surface area contributed by atoms with E-state index in [9.17, 15) is 19.8 Å². The molecule has 4 rings (SSSR count). The number of aliphatic carboxylic acids is 1. The van der Waals surface area contributed by atoms with E-state index >= 15 is 0 Å². The number of carbonyl (C=O) groups is 1. The van der Waals surface area contributed by atoms with Crippen LogP contribution in [-0.2, 0) is 17.8 Å². The van der Waals surface area contributed by atoms with Crippen LogP contribution in [0.3, 0.4) is 0 Å². The van der Waals surface area contributed by atoms with Crippen molar-refractivity contribution in [1.29, 1.82) is 0 Å². The minimum atomic E-state index is -1.11. The van der Waals surface area contributed by atoms with Crippen LogP contribution >= 0.6 is 11.6 Å². The van der Waals surface area contributed by atoms with Crippen LogP contribution in [-0.4, -0.2) is 37.3 Å². The summed E-state index contributed by atoms with van der Waals surface area (Å²) in [6.45, 7) is 2.08. The average molecular weight is 492 g/mol. The average Bonchev–Trinajstić information content (AvgIpc) is 2.84. The Morgan fingerprint density at radius 2 is 1.66 bits per heavy atom. The highest BCUT2D eigenvalue weighted by molar-refractivity contribution is 6.31. The third kappa shape index (κ3) is 5.93. The number of aromatic nitrogens is 3. The summed E-state index contributed by atoms with van der Waals surface area (Å²) < 4.78 is 1.13. The van der Waals surface area contributed by atoms with Gasteiger partial charge in [-0.15, -0.1) is 5.10 Å². The van der Waals surface area contributed by atoms with Gasteiger partial charge in [0, 0.05) is 11.6 Å². The Hall–Kier alpha value is -3.55. The Labute approximate surface area is 207 Å². The predicted molar refractivity (Wildman–Crippen MR) is 135 cm³/mol. The molecule has 0 fully saturated rings. The largest absolute Gasteiger partial charge is 0.481 e. The lowest BCUT2D eigenvalue weighted by atomic mass is 9.93. The van der Waals surface area contributed by atoms with Crippen molar-refractivity contribution in [3.63, 3.8) is 0 Å². The van der Waals surface area contributed by atoms with Gasteiger partial charge in [-0.25, -0.2) is 4.68 Å². The molecule has 0 aliphatic carbocycles. The van der Waals surface area contributed by atoms with Gasteiger partial charge in [0.2, 0.25) is 0 Å². The first-order valence-corrected chi connectivity index (χ1v) is 11.8. The van der Waals surface area contributed by atoms with E-state index in [0.29, 0.717) is 22.3 Å². The van der Waals surface area contributed by atoms with Gasteiger partial charge in [0.05, 0.1) is 17.4 Å². The number of aliphatic hydroxyl groups is 1. The van der Waals surface area contributed by atoms with Gasteiger partial charge in [0.1, 0.15) is 5.52 Å². The molecule has 0 saturated carbocycles. The summed E-state index contributed by atoms with van der Waals surface area (Å²) in [5.74, 6) is -2.14. The molecule has 0 spiro atoms. The van der Waals surface area contributed by atoms with E-state index in [0.717, 1.165) is 21.4 Å². The molecular weight excluding hydrogens is 466 g/mol. The minimum absolute atomic E-state index is 0.0314. The summed E-state index contributed by atoms with van der Waals surface area (Å²) in [7, 11) is 0. The monoisotopic (exact) mass is 491 g/mol. The zero-order valence-corrected chi connectivity index (χ0v) is 20.0. The van der Waals surface area contributed by atoms with Gasteiger partial charge < -0.3 is 10.2 Å². The molecular formula is C27H26ClN3O4. The SMILES string of the molecule is Cc1ccc(-c2ccc(CCC(O)C(CCn3nnc4cc(Cl)ccc4c3=O)C(=O)O)cc2)cc1. The highest BCUT2D eigenvalue weighted by Gasteiger charge is 2.26. The Morgan fingerprint density at radius 3 is 2.31 bits per heavy atom. The second-order valence-corrected chi connectivity index (χ2v) is 9.12. The molecule has 0 aliphatic heterocycles. The van der Waals surface area contributed by atoms with Crippen molar-refractivity contribution in [2.24, 2.45) is 5.92 Å². The van der Waals surface area contributed by atoms with Gasteiger partial charge in [-0.1, -0.05) is 70.9 Å². The van der Waals surface area contributed by atoms with Crippen molar-refractivity contribution >= 4 is 28.5 Å². The quantitative estimate of drug-likeness (QED) is 0.357. The summed E-state index contributed by atoms with van der Waals surface area (Å²) in [6.07, 6.45) is -0.184. The number of aliphatic hydroxyl groups excluding tert-OH is 1. The van der Waals surface area contributed by atoms with E-state index in [1.807, 2.05) is 31.2 Å². The Bertz CT molecular complexity index is 1380. The van der Waals surface area contributed by atoms with E-state index in [2.05, 4.69) is 34.6 Å². The van der Waals surface area contributed by atoms with Crippen molar-refractivity contribution in [2.75, 3.05) is 0 Å². The number of hydrogen-bond donors (Lipinski definition) is 2. The fourth-order valence-corrected chi connectivity index (χ4v) is 4.23. The Balaban J connectivity index is 1.38. The number of rotatable bonds is 9. The molecule has 35 heavy (non-hydrogen) atoms. The summed E-state index contributed by atoms with van der Waals surface area (Å²) in [6, 6.07) is 21.0. The van der Waals surface area contributed by atoms with Crippen molar-refractivity contribution in [1.82, 2.24) is 15.0 Å². The maximum Gasteiger partial charge on any atom is 0.309 e. The van der Waals surface area contributed by atoms with Crippen LogP contribution < -0.4 is 5.56 Å². The van der Waals surface area contributed by atoms with Crippen LogP contribution in [0.25, 0.3) is 22.0 Å². The van der Waals surface area contributed by atoms with Gasteiger partial charge in [0.25, 0.3) is 5.56 Å². The fraction of sp³-hybridized carbons (Fsp3) is 0.259. The summed E-state index contributed by atoms with van der Waals surface area (Å²) in [5, 5.41) is 29.0. The van der Waals surface area contributed by atoms with E-state index in [1.165, 1.54) is 5.56 Å². The van der Waals surface area contributed by atoms with Gasteiger partial charge >= 0.3 is 5.97 Å². The number of benzene rings is 3. The topological polar surface area (TPSA) is 105 Å².